The minimum Gasteiger partial charge on any atom is -0.369 e. The van der Waals surface area contributed by atoms with Crippen LogP contribution in [0.4, 0.5) is 5.69 Å². The van der Waals surface area contributed by atoms with Crippen molar-refractivity contribution in [1.82, 2.24) is 9.80 Å². The topological polar surface area (TPSA) is 26.8 Å². The van der Waals surface area contributed by atoms with Crippen LogP contribution in [0.3, 0.4) is 0 Å². The van der Waals surface area contributed by atoms with E-state index in [2.05, 4.69) is 47.1 Å². The van der Waals surface area contributed by atoms with Crippen LogP contribution in [0, 0.1) is 6.92 Å². The maximum absolute atomic E-state index is 12.8. The van der Waals surface area contributed by atoms with Crippen LogP contribution >= 0.6 is 11.6 Å². The van der Waals surface area contributed by atoms with Gasteiger partial charge in [0.05, 0.1) is 6.54 Å². The van der Waals surface area contributed by atoms with Gasteiger partial charge in [0, 0.05) is 50.0 Å². The second-order valence-electron chi connectivity index (χ2n) is 7.53. The van der Waals surface area contributed by atoms with Crippen molar-refractivity contribution in [3.63, 3.8) is 0 Å². The SMILES string of the molecule is Cc1ccc(Cl)cc1N1CCN(CC(=O)N2CCc3ccccc3C2)CC1. The molecule has 0 aromatic heterocycles. The number of hydrogen-bond acceptors (Lipinski definition) is 3. The molecule has 1 amide bonds. The van der Waals surface area contributed by atoms with Gasteiger partial charge in [-0.1, -0.05) is 41.9 Å². The summed E-state index contributed by atoms with van der Waals surface area (Å²) >= 11 is 6.17. The molecule has 27 heavy (non-hydrogen) atoms. The molecular formula is C22H26ClN3O. The van der Waals surface area contributed by atoms with Crippen LogP contribution in [0.1, 0.15) is 16.7 Å². The summed E-state index contributed by atoms with van der Waals surface area (Å²) in [5, 5.41) is 0.776. The third-order valence-electron chi connectivity index (χ3n) is 5.73. The summed E-state index contributed by atoms with van der Waals surface area (Å²) < 4.78 is 0. The van der Waals surface area contributed by atoms with Gasteiger partial charge in [0.25, 0.3) is 0 Å². The Bertz CT molecular complexity index is 830. The Morgan fingerprint density at radius 3 is 2.52 bits per heavy atom. The van der Waals surface area contributed by atoms with Gasteiger partial charge in [-0.25, -0.2) is 0 Å². The number of aryl methyl sites for hydroxylation is 1. The number of amides is 1. The number of carbonyl (C=O) groups is 1. The van der Waals surface area contributed by atoms with Crippen molar-refractivity contribution in [3.05, 3.63) is 64.2 Å². The molecule has 2 aliphatic heterocycles. The standard InChI is InChI=1S/C22H26ClN3O/c1-17-6-7-20(23)14-21(17)25-12-10-24(11-13-25)16-22(27)26-9-8-18-4-2-3-5-19(18)15-26/h2-7,14H,8-13,15-16H2,1H3. The Hall–Kier alpha value is -2.04. The fourth-order valence-corrected chi connectivity index (χ4v) is 4.24. The van der Waals surface area contributed by atoms with Crippen LogP contribution in [0.5, 0.6) is 0 Å². The summed E-state index contributed by atoms with van der Waals surface area (Å²) in [4.78, 5) is 19.4. The molecule has 2 aliphatic rings. The van der Waals surface area contributed by atoms with Crippen molar-refractivity contribution >= 4 is 23.2 Å². The first-order valence-electron chi connectivity index (χ1n) is 9.68. The molecule has 0 saturated carbocycles. The van der Waals surface area contributed by atoms with E-state index < -0.39 is 0 Å². The largest absolute Gasteiger partial charge is 0.369 e. The van der Waals surface area contributed by atoms with E-state index in [0.29, 0.717) is 6.54 Å². The predicted molar refractivity (Wildman–Crippen MR) is 110 cm³/mol. The van der Waals surface area contributed by atoms with E-state index in [0.717, 1.165) is 50.7 Å². The van der Waals surface area contributed by atoms with Crippen LogP contribution in [-0.4, -0.2) is 55.0 Å². The summed E-state index contributed by atoms with van der Waals surface area (Å²) in [5.41, 5.74) is 5.13. The molecule has 142 valence electrons. The first-order valence-corrected chi connectivity index (χ1v) is 10.1. The summed E-state index contributed by atoms with van der Waals surface area (Å²) in [6, 6.07) is 14.5. The average molecular weight is 384 g/mol. The van der Waals surface area contributed by atoms with Gasteiger partial charge in [-0.2, -0.15) is 0 Å². The van der Waals surface area contributed by atoms with E-state index in [1.807, 2.05) is 17.0 Å². The first-order chi connectivity index (χ1) is 13.1. The Morgan fingerprint density at radius 1 is 1.00 bits per heavy atom. The molecule has 2 aromatic rings. The van der Waals surface area contributed by atoms with E-state index in [-0.39, 0.29) is 5.91 Å². The number of rotatable bonds is 3. The molecule has 2 aromatic carbocycles. The van der Waals surface area contributed by atoms with Crippen molar-refractivity contribution in [2.24, 2.45) is 0 Å². The quantitative estimate of drug-likeness (QED) is 0.813. The molecule has 1 fully saturated rings. The van der Waals surface area contributed by atoms with Crippen molar-refractivity contribution in [2.75, 3.05) is 44.2 Å². The zero-order valence-corrected chi connectivity index (χ0v) is 16.6. The van der Waals surface area contributed by atoms with E-state index in [9.17, 15) is 4.79 Å². The molecule has 0 aliphatic carbocycles. The Labute approximate surface area is 166 Å². The molecule has 0 spiro atoms. The van der Waals surface area contributed by atoms with E-state index in [1.54, 1.807) is 0 Å². The number of halogens is 1. The molecule has 0 bridgehead atoms. The van der Waals surface area contributed by atoms with E-state index in [4.69, 9.17) is 11.6 Å². The van der Waals surface area contributed by atoms with Crippen LogP contribution in [-0.2, 0) is 17.8 Å². The number of fused-ring (bicyclic) bond motifs is 1. The molecular weight excluding hydrogens is 358 g/mol. The normalized spacial score (nSPS) is 17.7. The van der Waals surface area contributed by atoms with Crippen LogP contribution in [0.15, 0.2) is 42.5 Å². The van der Waals surface area contributed by atoms with Gasteiger partial charge < -0.3 is 9.80 Å². The molecule has 2 heterocycles. The third-order valence-corrected chi connectivity index (χ3v) is 5.96. The molecule has 0 N–H and O–H groups in total. The van der Waals surface area contributed by atoms with Crippen LogP contribution in [0.2, 0.25) is 5.02 Å². The molecule has 4 rings (SSSR count). The van der Waals surface area contributed by atoms with Gasteiger partial charge in [0.15, 0.2) is 0 Å². The lowest BCUT2D eigenvalue weighted by atomic mass is 10.00. The Balaban J connectivity index is 1.32. The highest BCUT2D eigenvalue weighted by Gasteiger charge is 2.25. The van der Waals surface area contributed by atoms with E-state index >= 15 is 0 Å². The maximum Gasteiger partial charge on any atom is 0.237 e. The smallest absolute Gasteiger partial charge is 0.237 e. The fourth-order valence-electron chi connectivity index (χ4n) is 4.07. The summed E-state index contributed by atoms with van der Waals surface area (Å²) in [6.07, 6.45) is 0.962. The lowest BCUT2D eigenvalue weighted by Gasteiger charge is -2.38. The fraction of sp³-hybridized carbons (Fsp3) is 0.409. The van der Waals surface area contributed by atoms with Crippen LogP contribution in [0.25, 0.3) is 0 Å². The highest BCUT2D eigenvalue weighted by molar-refractivity contribution is 6.30. The minimum absolute atomic E-state index is 0.247. The van der Waals surface area contributed by atoms with Gasteiger partial charge in [0.1, 0.15) is 0 Å². The van der Waals surface area contributed by atoms with Gasteiger partial charge in [0.2, 0.25) is 5.91 Å². The van der Waals surface area contributed by atoms with Gasteiger partial charge in [-0.3, -0.25) is 9.69 Å². The molecule has 4 nitrogen and oxygen atoms in total. The van der Waals surface area contributed by atoms with Crippen molar-refractivity contribution < 1.29 is 4.79 Å². The number of carbonyl (C=O) groups excluding carboxylic acids is 1. The van der Waals surface area contributed by atoms with E-state index in [1.165, 1.54) is 22.4 Å². The van der Waals surface area contributed by atoms with Gasteiger partial charge in [-0.15, -0.1) is 0 Å². The second kappa shape index (κ2) is 7.91. The Morgan fingerprint density at radius 2 is 1.74 bits per heavy atom. The number of piperazine rings is 1. The van der Waals surface area contributed by atoms with Gasteiger partial charge in [-0.05, 0) is 42.2 Å². The van der Waals surface area contributed by atoms with Gasteiger partial charge >= 0.3 is 0 Å². The molecule has 1 saturated heterocycles. The molecule has 0 unspecified atom stereocenters. The Kier molecular flexibility index (Phi) is 5.37. The molecule has 0 atom stereocenters. The molecule has 5 heteroatoms. The van der Waals surface area contributed by atoms with Crippen LogP contribution < -0.4 is 4.90 Å². The zero-order valence-electron chi connectivity index (χ0n) is 15.8. The maximum atomic E-state index is 12.8. The number of benzene rings is 2. The summed E-state index contributed by atoms with van der Waals surface area (Å²) in [6.45, 7) is 7.88. The summed E-state index contributed by atoms with van der Waals surface area (Å²) in [7, 11) is 0. The molecule has 0 radical (unpaired) electrons. The predicted octanol–water partition coefficient (Wildman–Crippen LogP) is 3.36. The highest BCUT2D eigenvalue weighted by Crippen LogP contribution is 2.25. The lowest BCUT2D eigenvalue weighted by molar-refractivity contribution is -0.133. The monoisotopic (exact) mass is 383 g/mol. The first kappa shape index (κ1) is 18.3. The number of nitrogens with zero attached hydrogens (tertiary/aromatic N) is 3. The number of hydrogen-bond donors (Lipinski definition) is 0. The van der Waals surface area contributed by atoms with Crippen molar-refractivity contribution in [2.45, 2.75) is 19.9 Å². The van der Waals surface area contributed by atoms with Crippen molar-refractivity contribution in [1.29, 1.82) is 0 Å². The zero-order chi connectivity index (χ0) is 18.8. The lowest BCUT2D eigenvalue weighted by Crippen LogP contribution is -2.50. The average Bonchev–Trinajstić information content (AvgIpc) is 2.70. The second-order valence-corrected chi connectivity index (χ2v) is 7.96. The third kappa shape index (κ3) is 4.12. The van der Waals surface area contributed by atoms with Crippen molar-refractivity contribution in [3.8, 4) is 0 Å². The minimum atomic E-state index is 0.247. The summed E-state index contributed by atoms with van der Waals surface area (Å²) in [5.74, 6) is 0.247. The highest BCUT2D eigenvalue weighted by atomic mass is 35.5. The number of anilines is 1.